The van der Waals surface area contributed by atoms with Crippen LogP contribution < -0.4 is 5.32 Å². The van der Waals surface area contributed by atoms with E-state index in [1.807, 2.05) is 0 Å². The van der Waals surface area contributed by atoms with Crippen LogP contribution in [0.4, 0.5) is 0 Å². The number of aliphatic hydroxyl groups is 1. The maximum Gasteiger partial charge on any atom is 0.328 e. The van der Waals surface area contributed by atoms with Crippen molar-refractivity contribution in [3.05, 3.63) is 29.3 Å². The van der Waals surface area contributed by atoms with E-state index in [1.165, 1.54) is 12.1 Å². The van der Waals surface area contributed by atoms with Gasteiger partial charge in [0.2, 0.25) is 0 Å². The van der Waals surface area contributed by atoms with Crippen molar-refractivity contribution in [3.63, 3.8) is 0 Å². The van der Waals surface area contributed by atoms with Crippen molar-refractivity contribution in [1.82, 2.24) is 5.32 Å². The Morgan fingerprint density at radius 2 is 2.06 bits per heavy atom. The Morgan fingerprint density at radius 3 is 2.53 bits per heavy atom. The number of rotatable bonds is 4. The van der Waals surface area contributed by atoms with E-state index in [0.29, 0.717) is 0 Å². The standard InChI is InChI=1S/C11H13NO5/c1-6-2-3-7(9(14)4-6)10(15)12-8(5-13)11(16)17/h2-4,8,13-14H,5H2,1H3,(H,12,15)(H,16,17)/t8-/m0/s1. The topological polar surface area (TPSA) is 107 Å². The van der Waals surface area contributed by atoms with Crippen LogP contribution in [-0.4, -0.2) is 39.8 Å². The lowest BCUT2D eigenvalue weighted by molar-refractivity contribution is -0.140. The van der Waals surface area contributed by atoms with Crippen molar-refractivity contribution in [1.29, 1.82) is 0 Å². The van der Waals surface area contributed by atoms with Crippen molar-refractivity contribution >= 4 is 11.9 Å². The first kappa shape index (κ1) is 13.0. The summed E-state index contributed by atoms with van der Waals surface area (Å²) in [5.74, 6) is -2.32. The normalized spacial score (nSPS) is 11.9. The van der Waals surface area contributed by atoms with Gasteiger partial charge in [0.1, 0.15) is 5.75 Å². The fourth-order valence-electron chi connectivity index (χ4n) is 1.26. The summed E-state index contributed by atoms with van der Waals surface area (Å²) in [5, 5.41) is 29.0. The van der Waals surface area contributed by atoms with Crippen LogP contribution in [-0.2, 0) is 4.79 Å². The molecule has 0 saturated carbocycles. The van der Waals surface area contributed by atoms with Gasteiger partial charge in [-0.2, -0.15) is 0 Å². The molecule has 0 heterocycles. The lowest BCUT2D eigenvalue weighted by Gasteiger charge is -2.12. The zero-order valence-corrected chi connectivity index (χ0v) is 9.17. The Morgan fingerprint density at radius 1 is 1.41 bits per heavy atom. The third-order valence-corrected chi connectivity index (χ3v) is 2.18. The number of aliphatic carboxylic acids is 1. The number of aromatic hydroxyl groups is 1. The van der Waals surface area contributed by atoms with Crippen molar-refractivity contribution in [2.24, 2.45) is 0 Å². The molecule has 1 rings (SSSR count). The summed E-state index contributed by atoms with van der Waals surface area (Å²) in [6.45, 7) is 1.03. The van der Waals surface area contributed by atoms with E-state index in [2.05, 4.69) is 5.32 Å². The summed E-state index contributed by atoms with van der Waals surface area (Å²) in [4.78, 5) is 22.2. The number of amides is 1. The van der Waals surface area contributed by atoms with E-state index < -0.39 is 24.5 Å². The number of carboxylic acid groups (broad SMARTS) is 1. The highest BCUT2D eigenvalue weighted by atomic mass is 16.4. The minimum Gasteiger partial charge on any atom is -0.507 e. The average Bonchev–Trinajstić information content (AvgIpc) is 2.24. The lowest BCUT2D eigenvalue weighted by atomic mass is 10.1. The number of hydrogen-bond acceptors (Lipinski definition) is 4. The molecule has 6 nitrogen and oxygen atoms in total. The van der Waals surface area contributed by atoms with Crippen LogP contribution >= 0.6 is 0 Å². The van der Waals surface area contributed by atoms with Crippen LogP contribution in [0.5, 0.6) is 5.75 Å². The Bertz CT molecular complexity index is 443. The van der Waals surface area contributed by atoms with E-state index in [0.717, 1.165) is 5.56 Å². The molecule has 1 aromatic rings. The van der Waals surface area contributed by atoms with E-state index in [9.17, 15) is 14.7 Å². The van der Waals surface area contributed by atoms with Crippen LogP contribution in [0.2, 0.25) is 0 Å². The maximum absolute atomic E-state index is 11.6. The van der Waals surface area contributed by atoms with Crippen LogP contribution in [0, 0.1) is 6.92 Å². The summed E-state index contributed by atoms with van der Waals surface area (Å²) < 4.78 is 0. The molecular formula is C11H13NO5. The monoisotopic (exact) mass is 239 g/mol. The second kappa shape index (κ2) is 5.31. The van der Waals surface area contributed by atoms with E-state index in [1.54, 1.807) is 13.0 Å². The molecule has 17 heavy (non-hydrogen) atoms. The average molecular weight is 239 g/mol. The number of carboxylic acids is 1. The zero-order valence-electron chi connectivity index (χ0n) is 9.17. The molecule has 0 aliphatic carbocycles. The summed E-state index contributed by atoms with van der Waals surface area (Å²) in [7, 11) is 0. The van der Waals surface area contributed by atoms with Gasteiger partial charge in [0.25, 0.3) is 5.91 Å². The van der Waals surface area contributed by atoms with Gasteiger partial charge in [0.05, 0.1) is 12.2 Å². The summed E-state index contributed by atoms with van der Waals surface area (Å²) in [5.41, 5.74) is 0.742. The van der Waals surface area contributed by atoms with E-state index >= 15 is 0 Å². The Kier molecular flexibility index (Phi) is 4.06. The summed E-state index contributed by atoms with van der Waals surface area (Å²) in [6.07, 6.45) is 0. The second-order valence-corrected chi connectivity index (χ2v) is 3.57. The Hall–Kier alpha value is -2.08. The molecule has 1 aromatic carbocycles. The summed E-state index contributed by atoms with van der Waals surface area (Å²) >= 11 is 0. The molecule has 0 aliphatic heterocycles. The van der Waals surface area contributed by atoms with Gasteiger partial charge < -0.3 is 20.6 Å². The van der Waals surface area contributed by atoms with Crippen molar-refractivity contribution in [3.8, 4) is 5.75 Å². The molecule has 0 bridgehead atoms. The van der Waals surface area contributed by atoms with Crippen LogP contribution in [0.3, 0.4) is 0 Å². The molecule has 0 unspecified atom stereocenters. The first-order chi connectivity index (χ1) is 7.95. The SMILES string of the molecule is Cc1ccc(C(=O)N[C@@H](CO)C(=O)O)c(O)c1. The van der Waals surface area contributed by atoms with Crippen molar-refractivity contribution in [2.75, 3.05) is 6.61 Å². The van der Waals surface area contributed by atoms with E-state index in [4.69, 9.17) is 10.2 Å². The quantitative estimate of drug-likeness (QED) is 0.585. The van der Waals surface area contributed by atoms with Crippen LogP contribution in [0.1, 0.15) is 15.9 Å². The molecular weight excluding hydrogens is 226 g/mol. The molecule has 0 aromatic heterocycles. The molecule has 1 amide bonds. The maximum atomic E-state index is 11.6. The predicted octanol–water partition coefficient (Wildman–Crippen LogP) is -0.124. The largest absolute Gasteiger partial charge is 0.507 e. The Balaban J connectivity index is 2.86. The van der Waals surface area contributed by atoms with Crippen molar-refractivity contribution < 1.29 is 24.9 Å². The molecule has 0 spiro atoms. The number of phenols is 1. The highest BCUT2D eigenvalue weighted by Gasteiger charge is 2.21. The number of benzene rings is 1. The van der Waals surface area contributed by atoms with Gasteiger partial charge >= 0.3 is 5.97 Å². The number of hydrogen-bond donors (Lipinski definition) is 4. The van der Waals surface area contributed by atoms with Gasteiger partial charge in [-0.15, -0.1) is 0 Å². The Labute approximate surface area is 97.5 Å². The first-order valence-electron chi connectivity index (χ1n) is 4.90. The second-order valence-electron chi connectivity index (χ2n) is 3.57. The number of carbonyl (C=O) groups is 2. The minimum atomic E-state index is -1.39. The molecule has 0 saturated heterocycles. The number of aryl methyl sites for hydroxylation is 1. The van der Waals surface area contributed by atoms with Crippen molar-refractivity contribution in [2.45, 2.75) is 13.0 Å². The van der Waals surface area contributed by atoms with E-state index in [-0.39, 0.29) is 11.3 Å². The number of nitrogens with one attached hydrogen (secondary N) is 1. The molecule has 0 fully saturated rings. The number of carbonyl (C=O) groups excluding carboxylic acids is 1. The lowest BCUT2D eigenvalue weighted by Crippen LogP contribution is -2.43. The molecule has 0 radical (unpaired) electrons. The van der Waals surface area contributed by atoms with Gasteiger partial charge in [-0.05, 0) is 24.6 Å². The summed E-state index contributed by atoms with van der Waals surface area (Å²) in [6, 6.07) is 3.01. The third kappa shape index (κ3) is 3.18. The van der Waals surface area contributed by atoms with Crippen LogP contribution in [0.15, 0.2) is 18.2 Å². The van der Waals surface area contributed by atoms with Gasteiger partial charge in [0, 0.05) is 0 Å². The number of phenolic OH excluding ortho intramolecular Hbond substituents is 1. The van der Waals surface area contributed by atoms with Gasteiger partial charge in [-0.3, -0.25) is 4.79 Å². The van der Waals surface area contributed by atoms with Crippen LogP contribution in [0.25, 0.3) is 0 Å². The van der Waals surface area contributed by atoms with Gasteiger partial charge in [0.15, 0.2) is 6.04 Å². The molecule has 92 valence electrons. The van der Waals surface area contributed by atoms with Gasteiger partial charge in [-0.1, -0.05) is 6.07 Å². The molecule has 6 heteroatoms. The highest BCUT2D eigenvalue weighted by Crippen LogP contribution is 2.18. The van der Waals surface area contributed by atoms with Gasteiger partial charge in [-0.25, -0.2) is 4.79 Å². The minimum absolute atomic E-state index is 0.0321. The fourth-order valence-corrected chi connectivity index (χ4v) is 1.26. The first-order valence-corrected chi connectivity index (χ1v) is 4.90. The molecule has 0 aliphatic rings. The fraction of sp³-hybridized carbons (Fsp3) is 0.273. The highest BCUT2D eigenvalue weighted by molar-refractivity contribution is 5.98. The molecule has 4 N–H and O–H groups in total. The third-order valence-electron chi connectivity index (χ3n) is 2.18. The number of aliphatic hydroxyl groups excluding tert-OH is 1. The smallest absolute Gasteiger partial charge is 0.328 e. The predicted molar refractivity (Wildman–Crippen MR) is 58.8 cm³/mol. The molecule has 1 atom stereocenters. The zero-order chi connectivity index (χ0) is 13.0.